The molecule has 6 N–H and O–H groups in total. The Hall–Kier alpha value is -3.84. The van der Waals surface area contributed by atoms with Gasteiger partial charge in [-0.2, -0.15) is 22.4 Å². The van der Waals surface area contributed by atoms with Crippen LogP contribution in [0.4, 0.5) is 23.8 Å². The van der Waals surface area contributed by atoms with Crippen LogP contribution in [-0.2, 0) is 21.0 Å². The first-order chi connectivity index (χ1) is 13.7. The predicted molar refractivity (Wildman–Crippen MR) is 96.3 cm³/mol. The second-order valence-corrected chi connectivity index (χ2v) is 4.68. The second kappa shape index (κ2) is 11.0. The van der Waals surface area contributed by atoms with Gasteiger partial charge in [0, 0.05) is 12.4 Å². The van der Waals surface area contributed by atoms with E-state index in [1.54, 1.807) is 24.8 Å². The third-order valence-electron chi connectivity index (χ3n) is 2.76. The van der Waals surface area contributed by atoms with E-state index in [9.17, 15) is 0 Å². The summed E-state index contributed by atoms with van der Waals surface area (Å²) in [6.07, 6.45) is 6.52. The number of nitrogen functional groups attached to an aromatic ring is 2. The van der Waals surface area contributed by atoms with Crippen molar-refractivity contribution in [2.45, 2.75) is 0 Å². The summed E-state index contributed by atoms with van der Waals surface area (Å²) >= 11 is 1.06. The third kappa shape index (κ3) is 6.82. The van der Waals surface area contributed by atoms with Crippen molar-refractivity contribution >= 4 is 36.2 Å². The van der Waals surface area contributed by atoms with Gasteiger partial charge in [-0.15, -0.1) is 21.6 Å². The molecule has 0 aliphatic carbocycles. The fourth-order valence-corrected chi connectivity index (χ4v) is 1.67. The first-order valence-corrected chi connectivity index (χ1v) is 8.03. The molecule has 0 amide bonds. The summed E-state index contributed by atoms with van der Waals surface area (Å²) in [5.74, 6) is 1.12. The topological polar surface area (TPSA) is 205 Å². The van der Waals surface area contributed by atoms with Crippen LogP contribution in [0, 0.1) is 0 Å². The average molecular weight is 417 g/mol. The molecule has 0 spiro atoms. The summed E-state index contributed by atoms with van der Waals surface area (Å²) < 4.78 is 8.19. The van der Waals surface area contributed by atoms with E-state index >= 15 is 0 Å². The molecular formula is C14H14N12OV. The van der Waals surface area contributed by atoms with Gasteiger partial charge in [-0.1, -0.05) is 24.3 Å². The van der Waals surface area contributed by atoms with Crippen molar-refractivity contribution in [2.75, 3.05) is 11.5 Å². The average Bonchev–Trinajstić information content (AvgIpc) is 3.50. The van der Waals surface area contributed by atoms with Crippen molar-refractivity contribution in [3.63, 3.8) is 0 Å². The zero-order chi connectivity index (χ0) is 20.2. The fourth-order valence-electron chi connectivity index (χ4n) is 1.67. The van der Waals surface area contributed by atoms with E-state index in [4.69, 9.17) is 15.1 Å². The van der Waals surface area contributed by atoms with Crippen molar-refractivity contribution < 1.29 is 21.0 Å². The van der Waals surface area contributed by atoms with E-state index in [0.717, 1.165) is 28.8 Å². The van der Waals surface area contributed by atoms with Crippen molar-refractivity contribution in [3.8, 4) is 0 Å². The van der Waals surface area contributed by atoms with Crippen molar-refractivity contribution in [3.05, 3.63) is 48.0 Å². The normalized spacial score (nSPS) is 10.5. The van der Waals surface area contributed by atoms with Crippen LogP contribution < -0.4 is 21.4 Å². The molecule has 0 atom stereocenters. The Morgan fingerprint density at radius 2 is 1.29 bits per heavy atom. The van der Waals surface area contributed by atoms with Gasteiger partial charge >= 0.3 is 21.0 Å². The van der Waals surface area contributed by atoms with Crippen LogP contribution in [0.15, 0.2) is 46.6 Å². The predicted octanol–water partition coefficient (Wildman–Crippen LogP) is 0.0681. The van der Waals surface area contributed by atoms with Gasteiger partial charge in [-0.25, -0.2) is 20.2 Å². The summed E-state index contributed by atoms with van der Waals surface area (Å²) in [7, 11) is 0. The minimum absolute atomic E-state index is 0.252. The Kier molecular flexibility index (Phi) is 8.04. The number of rotatable bonds is 4. The van der Waals surface area contributed by atoms with Gasteiger partial charge in [0.2, 0.25) is 11.9 Å². The Morgan fingerprint density at radius 1 is 0.857 bits per heavy atom. The Balaban J connectivity index is 0.000000184. The molecule has 14 heteroatoms. The van der Waals surface area contributed by atoms with Crippen molar-refractivity contribution in [1.82, 2.24) is 40.3 Å². The van der Waals surface area contributed by atoms with Gasteiger partial charge in [0.1, 0.15) is 0 Å². The van der Waals surface area contributed by atoms with E-state index in [1.807, 2.05) is 24.3 Å². The molecule has 4 rings (SSSR count). The van der Waals surface area contributed by atoms with E-state index in [1.165, 1.54) is 0 Å². The van der Waals surface area contributed by atoms with Gasteiger partial charge in [-0.3, -0.25) is 0 Å². The van der Waals surface area contributed by atoms with Crippen LogP contribution in [0.3, 0.4) is 0 Å². The first kappa shape index (κ1) is 20.5. The number of nitrogens with one attached hydrogen (secondary N) is 2. The maximum atomic E-state index is 8.19. The number of hydrogen-bond acceptors (Lipinski definition) is 9. The minimum atomic E-state index is 0.252. The van der Waals surface area contributed by atoms with E-state index in [2.05, 4.69) is 50.3 Å². The molecule has 0 fully saturated rings. The monoisotopic (exact) mass is 417 g/mol. The summed E-state index contributed by atoms with van der Waals surface area (Å²) in [5, 5.41) is 12.4. The van der Waals surface area contributed by atoms with E-state index in [0.29, 0.717) is 11.9 Å². The maximum absolute atomic E-state index is 8.19. The molecule has 0 aliphatic heterocycles. The van der Waals surface area contributed by atoms with Gasteiger partial charge in [0.05, 0.1) is 0 Å². The number of H-pyrrole nitrogens is 2. The Bertz CT molecular complexity index is 905. The zero-order valence-corrected chi connectivity index (χ0v) is 15.6. The third-order valence-corrected chi connectivity index (χ3v) is 2.76. The summed E-state index contributed by atoms with van der Waals surface area (Å²) in [6.45, 7) is 0. The summed E-state index contributed by atoms with van der Waals surface area (Å²) in [4.78, 5) is 23.5. The van der Waals surface area contributed by atoms with Crippen LogP contribution >= 0.6 is 0 Å². The number of anilines is 2. The van der Waals surface area contributed by atoms with Gasteiger partial charge in [0.15, 0.2) is 0 Å². The molecule has 0 aliphatic rings. The second-order valence-electron chi connectivity index (χ2n) is 4.68. The van der Waals surface area contributed by atoms with Gasteiger partial charge < -0.3 is 21.4 Å². The molecule has 28 heavy (non-hydrogen) atoms. The molecular weight excluding hydrogens is 403 g/mol. The molecule has 13 nitrogen and oxygen atoms in total. The molecule has 4 aromatic heterocycles. The van der Waals surface area contributed by atoms with Gasteiger partial charge in [-0.05, 0) is 0 Å². The quantitative estimate of drug-likeness (QED) is 0.331. The first-order valence-electron chi connectivity index (χ1n) is 7.46. The summed E-state index contributed by atoms with van der Waals surface area (Å²) in [5.41, 5.74) is 12.2. The molecule has 0 radical (unpaired) electrons. The number of nitrogens with two attached hydrogens (primary N) is 2. The molecule has 0 saturated carbocycles. The Labute approximate surface area is 167 Å². The molecule has 141 valence electrons. The van der Waals surface area contributed by atoms with Crippen LogP contribution in [0.25, 0.3) is 0 Å². The Morgan fingerprint density at radius 3 is 1.57 bits per heavy atom. The molecule has 4 heterocycles. The standard InChI is InChI=1S/2C7H7N6.O.V/c2*8-6-11-7(13-12-6)10-4-5-2-1-3-9-5;;/h2*1-4H,(H3,8,11,12,13);;/q2*-1;;+2/b2*10-4+;;. The zero-order valence-electron chi connectivity index (χ0n) is 14.2. The van der Waals surface area contributed by atoms with Crippen LogP contribution in [0.1, 0.15) is 11.4 Å². The molecule has 0 saturated heterocycles. The molecule has 0 bridgehead atoms. The summed E-state index contributed by atoms with van der Waals surface area (Å²) in [6, 6.07) is 7.32. The van der Waals surface area contributed by atoms with E-state index < -0.39 is 0 Å². The number of hydrogen-bond donors (Lipinski definition) is 4. The number of aromatic amines is 2. The van der Waals surface area contributed by atoms with Crippen molar-refractivity contribution in [2.24, 2.45) is 9.98 Å². The molecule has 0 unspecified atom stereocenters. The number of aliphatic imine (C=N–C) groups is 2. The fraction of sp³-hybridized carbons (Fsp3) is 0. The van der Waals surface area contributed by atoms with Crippen molar-refractivity contribution in [1.29, 1.82) is 0 Å². The molecule has 4 aromatic rings. The van der Waals surface area contributed by atoms with Crippen LogP contribution in [0.2, 0.25) is 0 Å². The van der Waals surface area contributed by atoms with E-state index in [-0.39, 0.29) is 11.9 Å². The van der Waals surface area contributed by atoms with Crippen LogP contribution in [-0.4, -0.2) is 42.8 Å². The SMILES string of the molecule is Nc1nc(/N=C/c2ccc[n-]2)n[nH]1.Nc1nc(/N=C/c2ccc[n-]2)n[nH]1.[O]=[V+2]. The number of aromatic nitrogens is 8. The molecule has 0 aromatic carbocycles. The van der Waals surface area contributed by atoms with Crippen LogP contribution in [0.5, 0.6) is 0 Å². The van der Waals surface area contributed by atoms with Gasteiger partial charge in [0.25, 0.3) is 11.9 Å². The number of nitrogens with zero attached hydrogens (tertiary/aromatic N) is 8.